The van der Waals surface area contributed by atoms with E-state index in [1.807, 2.05) is 27.7 Å². The predicted octanol–water partition coefficient (Wildman–Crippen LogP) is 3.48. The van der Waals surface area contributed by atoms with Crippen LogP contribution in [0.5, 0.6) is 0 Å². The fourth-order valence-corrected chi connectivity index (χ4v) is 24.8. The molecular formula is C72H110O23. The van der Waals surface area contributed by atoms with Crippen LogP contribution >= 0.6 is 0 Å². The summed E-state index contributed by atoms with van der Waals surface area (Å²) in [5.74, 6) is -7.35. The maximum absolute atomic E-state index is 15.8. The topological polar surface area (TPSA) is 398 Å². The van der Waals surface area contributed by atoms with Gasteiger partial charge in [0.15, 0.2) is 0 Å². The van der Waals surface area contributed by atoms with E-state index in [1.165, 1.54) is 0 Å². The van der Waals surface area contributed by atoms with Crippen molar-refractivity contribution in [1.82, 2.24) is 0 Å². The van der Waals surface area contributed by atoms with E-state index < -0.39 is 218 Å². The summed E-state index contributed by atoms with van der Waals surface area (Å²) in [4.78, 5) is 60.2. The Kier molecular flexibility index (Phi) is 17.4. The zero-order chi connectivity index (χ0) is 69.8. The van der Waals surface area contributed by atoms with Crippen molar-refractivity contribution in [1.29, 1.82) is 0 Å². The minimum absolute atomic E-state index is 0.0442. The van der Waals surface area contributed by atoms with Gasteiger partial charge in [0, 0.05) is 11.8 Å². The lowest BCUT2D eigenvalue weighted by Gasteiger charge is -2.72. The zero-order valence-electron chi connectivity index (χ0n) is 57.5. The molecule has 12 rings (SSSR count). The van der Waals surface area contributed by atoms with Gasteiger partial charge in [-0.05, 0) is 191 Å². The average molecular weight is 1340 g/mol. The third-order valence-electron chi connectivity index (χ3n) is 31.2. The van der Waals surface area contributed by atoms with Gasteiger partial charge in [-0.3, -0.25) is 19.2 Å². The zero-order valence-corrected chi connectivity index (χ0v) is 57.5. The number of allylic oxidation sites excluding steroid dienone is 2. The van der Waals surface area contributed by atoms with Gasteiger partial charge in [-0.15, -0.1) is 0 Å². The molecule has 0 aromatic rings. The van der Waals surface area contributed by atoms with Gasteiger partial charge in [-0.2, -0.15) is 0 Å². The molecule has 2 aliphatic heterocycles. The first-order chi connectivity index (χ1) is 44.0. The average Bonchev–Trinajstić information content (AvgIpc) is 0.675. The number of carbonyl (C=O) groups is 4. The third kappa shape index (κ3) is 9.40. The minimum Gasteiger partial charge on any atom is -0.481 e. The van der Waals surface area contributed by atoms with E-state index >= 15 is 9.59 Å². The highest BCUT2D eigenvalue weighted by Crippen LogP contribution is 2.79. The highest BCUT2D eigenvalue weighted by atomic mass is 16.7. The molecule has 23 heteroatoms. The van der Waals surface area contributed by atoms with Crippen LogP contribution in [-0.2, 0) is 42.9 Å². The largest absolute Gasteiger partial charge is 0.481 e. The van der Waals surface area contributed by atoms with Gasteiger partial charge >= 0.3 is 23.9 Å². The van der Waals surface area contributed by atoms with Crippen molar-refractivity contribution in [3.63, 3.8) is 0 Å². The van der Waals surface area contributed by atoms with E-state index in [0.717, 1.165) is 11.1 Å². The maximum Gasteiger partial charge on any atom is 0.315 e. The molecule has 33 unspecified atom stereocenters. The monoisotopic (exact) mass is 1340 g/mol. The maximum atomic E-state index is 15.8. The van der Waals surface area contributed by atoms with Gasteiger partial charge in [0.05, 0.1) is 59.5 Å². The number of hydrogen-bond acceptors (Lipinski definition) is 22. The number of esters is 3. The third-order valence-corrected chi connectivity index (χ3v) is 31.2. The molecular weight excluding hydrogens is 1230 g/mol. The molecule has 33 atom stereocenters. The SMILES string of the molecule is CC1CCC2(C(=O)OC3OC(CO)C(O)C(O)C3O)CCC3(C)C(=CCC4C5(C)CC(O)C(O)C(C)(C(=O)OC6C(O)CC7(C)C(CCC8(C)C7CC=C7C9C(O)C(C)(C)CCC9(C(=O)OC9OC(CO)C(O)C(O)C9O)CCC78C)C6(C)C(=O)O)C5CCC43C)C2C1(C)O. The van der Waals surface area contributed by atoms with Crippen LogP contribution < -0.4 is 0 Å². The lowest BCUT2D eigenvalue weighted by Crippen LogP contribution is -2.71. The fraction of sp³-hybridized carbons (Fsp3) is 0.889. The summed E-state index contributed by atoms with van der Waals surface area (Å²) < 4.78 is 29.9. The number of carboxylic acid groups (broad SMARTS) is 1. The molecule has 10 fully saturated rings. The normalized spacial score (nSPS) is 56.1. The molecule has 23 nitrogen and oxygen atoms in total. The molecule has 2 saturated heterocycles. The van der Waals surface area contributed by atoms with Crippen LogP contribution in [0, 0.1) is 101 Å². The highest BCUT2D eigenvalue weighted by molar-refractivity contribution is 5.82. The number of ether oxygens (including phenoxy) is 5. The van der Waals surface area contributed by atoms with E-state index in [0.29, 0.717) is 77.0 Å². The van der Waals surface area contributed by atoms with Gasteiger partial charge in [0.25, 0.3) is 0 Å². The second kappa shape index (κ2) is 23.1. The van der Waals surface area contributed by atoms with Gasteiger partial charge in [-0.25, -0.2) is 0 Å². The Balaban J connectivity index is 0.825. The Morgan fingerprint density at radius 3 is 1.45 bits per heavy atom. The van der Waals surface area contributed by atoms with Crippen LogP contribution in [0.3, 0.4) is 0 Å². The number of aliphatic hydroxyl groups excluding tert-OH is 12. The number of aliphatic hydroxyl groups is 13. The van der Waals surface area contributed by atoms with Crippen LogP contribution in [0.15, 0.2) is 23.3 Å². The van der Waals surface area contributed by atoms with Crippen molar-refractivity contribution in [2.45, 2.75) is 283 Å². The number of carbonyl (C=O) groups excluding carboxylic acids is 3. The summed E-state index contributed by atoms with van der Waals surface area (Å²) in [6.07, 6.45) is -14.1. The second-order valence-corrected chi connectivity index (χ2v) is 35.3. The first-order valence-electron chi connectivity index (χ1n) is 35.3. The molecule has 0 aromatic carbocycles. The number of hydrogen-bond donors (Lipinski definition) is 14. The second-order valence-electron chi connectivity index (χ2n) is 35.3. The van der Waals surface area contributed by atoms with E-state index in [-0.39, 0.29) is 43.4 Å². The molecule has 0 amide bonds. The first-order valence-corrected chi connectivity index (χ1v) is 35.3. The van der Waals surface area contributed by atoms with Crippen molar-refractivity contribution in [2.75, 3.05) is 13.2 Å². The van der Waals surface area contributed by atoms with Gasteiger partial charge < -0.3 is 95.2 Å². The number of rotatable bonds is 9. The molecule has 2 heterocycles. The highest BCUT2D eigenvalue weighted by Gasteiger charge is 2.77. The Morgan fingerprint density at radius 1 is 0.495 bits per heavy atom. The Bertz CT molecular complexity index is 3110. The van der Waals surface area contributed by atoms with Crippen molar-refractivity contribution in [3.8, 4) is 0 Å². The van der Waals surface area contributed by atoms with E-state index in [1.54, 1.807) is 20.8 Å². The van der Waals surface area contributed by atoms with Crippen molar-refractivity contribution >= 4 is 23.9 Å². The minimum atomic E-state index is -1.88. The van der Waals surface area contributed by atoms with Crippen molar-refractivity contribution < 1.29 is 114 Å². The Morgan fingerprint density at radius 2 is 0.947 bits per heavy atom. The number of fused-ring (bicyclic) bond motifs is 14. The summed E-state index contributed by atoms with van der Waals surface area (Å²) in [6, 6.07) is 0. The molecule has 0 aromatic heterocycles. The van der Waals surface area contributed by atoms with Gasteiger partial charge in [0.2, 0.25) is 12.6 Å². The van der Waals surface area contributed by atoms with Crippen LogP contribution in [0.2, 0.25) is 0 Å². The lowest BCUT2D eigenvalue weighted by atomic mass is 9.32. The molecule has 95 heavy (non-hydrogen) atoms. The number of carboxylic acids is 1. The quantitative estimate of drug-likeness (QED) is 0.0892. The summed E-state index contributed by atoms with van der Waals surface area (Å²) in [5, 5.41) is 159. The summed E-state index contributed by atoms with van der Waals surface area (Å²) in [7, 11) is 0. The van der Waals surface area contributed by atoms with E-state index in [2.05, 4.69) is 46.8 Å². The summed E-state index contributed by atoms with van der Waals surface area (Å²) in [5.41, 5.74) is -11.1. The first kappa shape index (κ1) is 71.6. The molecule has 8 saturated carbocycles. The summed E-state index contributed by atoms with van der Waals surface area (Å²) >= 11 is 0. The standard InChI is InChI=1S/C72H110O23/c1-33-17-22-72(60(89)95-56-50(82)48(80)46(78)39(32-74)92-56)28-25-65(7)35(51(72)70(33,12)90)14-16-41-62(4)29-36(75)52(83)68(10,42(62)18-20-67(41,65)9)58(87)93-54-37(76)30-63(5)40-15-13-34-44-53(84)61(2,3)23-26-71(44,59(88)94-55-49(81)47(79)45(77)38(31-73)91-55)27-24-64(34,6)66(40,8)21-19-43(63)69(54,11)57(85)86/h13-14,33,36-56,73-84,90H,15-32H2,1-12H3,(H,85,86). The molecule has 10 aliphatic carbocycles. The predicted molar refractivity (Wildman–Crippen MR) is 336 cm³/mol. The molecule has 12 aliphatic rings. The van der Waals surface area contributed by atoms with Crippen LogP contribution in [0.25, 0.3) is 0 Å². The van der Waals surface area contributed by atoms with Crippen LogP contribution in [-0.4, -0.2) is 206 Å². The van der Waals surface area contributed by atoms with Crippen molar-refractivity contribution in [3.05, 3.63) is 23.3 Å². The molecule has 0 bridgehead atoms. The summed E-state index contributed by atoms with van der Waals surface area (Å²) in [6.45, 7) is 22.1. The van der Waals surface area contributed by atoms with E-state index in [9.17, 15) is 81.1 Å². The van der Waals surface area contributed by atoms with Gasteiger partial charge in [0.1, 0.15) is 60.4 Å². The van der Waals surface area contributed by atoms with Gasteiger partial charge in [-0.1, -0.05) is 85.6 Å². The van der Waals surface area contributed by atoms with Crippen molar-refractivity contribution in [2.24, 2.45) is 101 Å². The van der Waals surface area contributed by atoms with Crippen LogP contribution in [0.1, 0.15) is 186 Å². The van der Waals surface area contributed by atoms with E-state index in [4.69, 9.17) is 23.7 Å². The fourth-order valence-electron chi connectivity index (χ4n) is 24.8. The van der Waals surface area contributed by atoms with Crippen LogP contribution in [0.4, 0.5) is 0 Å². The molecule has 536 valence electrons. The Hall–Kier alpha value is -3.24. The smallest absolute Gasteiger partial charge is 0.315 e. The molecule has 0 spiro atoms. The molecule has 14 N–H and O–H groups in total. The molecule has 0 radical (unpaired) electrons. The Labute approximate surface area is 557 Å². The lowest BCUT2D eigenvalue weighted by molar-refractivity contribution is -0.299. The number of aliphatic carboxylic acids is 1.